The predicted octanol–water partition coefficient (Wildman–Crippen LogP) is 3.60. The van der Waals surface area contributed by atoms with E-state index in [1.54, 1.807) is 0 Å². The van der Waals surface area contributed by atoms with Crippen LogP contribution in [0.25, 0.3) is 0 Å². The number of sulfonamides is 1. The molecule has 0 saturated carbocycles. The molecule has 0 aliphatic rings. The molecule has 0 spiro atoms. The molecule has 0 fully saturated rings. The number of rotatable bonds is 7. The van der Waals surface area contributed by atoms with Gasteiger partial charge in [0.05, 0.1) is 29.5 Å². The van der Waals surface area contributed by atoms with E-state index >= 15 is 0 Å². The van der Waals surface area contributed by atoms with Gasteiger partial charge < -0.3 is 10.1 Å². The molecule has 0 aliphatic carbocycles. The molecular weight excluding hydrogens is 376 g/mol. The van der Waals surface area contributed by atoms with Crippen LogP contribution in [-0.4, -0.2) is 27.2 Å². The van der Waals surface area contributed by atoms with Gasteiger partial charge in [-0.1, -0.05) is 23.7 Å². The van der Waals surface area contributed by atoms with Gasteiger partial charge in [-0.05, 0) is 49.7 Å². The Balaban J connectivity index is 2.14. The molecule has 2 aromatic rings. The average molecular weight is 397 g/mol. The lowest BCUT2D eigenvalue weighted by Gasteiger charge is -2.16. The fourth-order valence-electron chi connectivity index (χ4n) is 2.35. The van der Waals surface area contributed by atoms with Crippen LogP contribution in [-0.2, 0) is 10.0 Å². The van der Waals surface area contributed by atoms with Gasteiger partial charge in [0.25, 0.3) is 5.91 Å². The molecule has 0 aliphatic heterocycles. The number of halogens is 1. The van der Waals surface area contributed by atoms with Gasteiger partial charge in [0.15, 0.2) is 0 Å². The molecule has 0 bridgehead atoms. The number of benzene rings is 2. The highest BCUT2D eigenvalue weighted by Crippen LogP contribution is 2.23. The van der Waals surface area contributed by atoms with Gasteiger partial charge in [-0.3, -0.25) is 9.52 Å². The summed E-state index contributed by atoms with van der Waals surface area (Å²) in [5.41, 5.74) is 1.37. The number of amides is 1. The summed E-state index contributed by atoms with van der Waals surface area (Å²) in [6.45, 7) is 4.34. The second kappa shape index (κ2) is 8.42. The normalized spacial score (nSPS) is 12.3. The molecule has 0 saturated heterocycles. The molecule has 2 aromatic carbocycles. The molecule has 0 aromatic heterocycles. The standard InChI is InChI=1S/C18H21ClN2O4S/c1-4-25-15-8-5-13(6-9-15)12(2)20-18(22)16-11-14(7-10-17(16)19)21-26(3,23)24/h5-12,21H,4H2,1-3H3,(H,20,22)/t12-/m1/s1. The predicted molar refractivity (Wildman–Crippen MR) is 103 cm³/mol. The minimum atomic E-state index is -3.44. The minimum Gasteiger partial charge on any atom is -0.494 e. The smallest absolute Gasteiger partial charge is 0.253 e. The quantitative estimate of drug-likeness (QED) is 0.748. The van der Waals surface area contributed by atoms with Gasteiger partial charge in [0.2, 0.25) is 10.0 Å². The van der Waals surface area contributed by atoms with E-state index in [9.17, 15) is 13.2 Å². The van der Waals surface area contributed by atoms with E-state index in [0.717, 1.165) is 17.6 Å². The fourth-order valence-corrected chi connectivity index (χ4v) is 3.11. The summed E-state index contributed by atoms with van der Waals surface area (Å²) in [4.78, 5) is 12.5. The maximum Gasteiger partial charge on any atom is 0.253 e. The SMILES string of the molecule is CCOc1ccc([C@@H](C)NC(=O)c2cc(NS(C)(=O)=O)ccc2Cl)cc1. The van der Waals surface area contributed by atoms with Crippen LogP contribution in [0.3, 0.4) is 0 Å². The summed E-state index contributed by atoms with van der Waals surface area (Å²) in [6.07, 6.45) is 1.04. The zero-order valence-electron chi connectivity index (χ0n) is 14.7. The number of hydrogen-bond donors (Lipinski definition) is 2. The lowest BCUT2D eigenvalue weighted by atomic mass is 10.1. The molecular formula is C18H21ClN2O4S. The van der Waals surface area contributed by atoms with Crippen molar-refractivity contribution in [1.82, 2.24) is 5.32 Å². The Bertz CT molecular complexity index is 883. The van der Waals surface area contributed by atoms with E-state index in [2.05, 4.69) is 10.0 Å². The van der Waals surface area contributed by atoms with Crippen LogP contribution in [0, 0.1) is 0 Å². The number of carbonyl (C=O) groups is 1. The van der Waals surface area contributed by atoms with Crippen molar-refractivity contribution in [3.8, 4) is 5.75 Å². The molecule has 0 heterocycles. The zero-order chi connectivity index (χ0) is 19.3. The van der Waals surface area contributed by atoms with Gasteiger partial charge >= 0.3 is 0 Å². The van der Waals surface area contributed by atoms with Crippen molar-refractivity contribution < 1.29 is 17.9 Å². The van der Waals surface area contributed by atoms with Crippen LogP contribution in [0.5, 0.6) is 5.75 Å². The van der Waals surface area contributed by atoms with Crippen molar-refractivity contribution in [3.05, 3.63) is 58.6 Å². The molecule has 6 nitrogen and oxygen atoms in total. The number of anilines is 1. The van der Waals surface area contributed by atoms with Crippen molar-refractivity contribution in [2.75, 3.05) is 17.6 Å². The Hall–Kier alpha value is -2.25. The molecule has 8 heteroatoms. The first-order valence-electron chi connectivity index (χ1n) is 8.00. The molecule has 1 atom stereocenters. The van der Waals surface area contributed by atoms with Gasteiger partial charge in [-0.2, -0.15) is 0 Å². The highest BCUT2D eigenvalue weighted by Gasteiger charge is 2.16. The van der Waals surface area contributed by atoms with E-state index in [0.29, 0.717) is 6.61 Å². The van der Waals surface area contributed by atoms with Crippen LogP contribution in [0.4, 0.5) is 5.69 Å². The summed E-state index contributed by atoms with van der Waals surface area (Å²) < 4.78 is 30.4. The first-order chi connectivity index (χ1) is 12.2. The lowest BCUT2D eigenvalue weighted by molar-refractivity contribution is 0.0940. The van der Waals surface area contributed by atoms with Gasteiger partial charge in [0, 0.05) is 5.69 Å². The van der Waals surface area contributed by atoms with E-state index in [4.69, 9.17) is 16.3 Å². The first kappa shape index (κ1) is 20.1. The fraction of sp³-hybridized carbons (Fsp3) is 0.278. The summed E-state index contributed by atoms with van der Waals surface area (Å²) in [5.74, 6) is 0.367. The van der Waals surface area contributed by atoms with E-state index in [1.807, 2.05) is 38.1 Å². The average Bonchev–Trinajstić information content (AvgIpc) is 2.56. The van der Waals surface area contributed by atoms with Crippen molar-refractivity contribution in [2.45, 2.75) is 19.9 Å². The highest BCUT2D eigenvalue weighted by molar-refractivity contribution is 7.92. The third kappa shape index (κ3) is 5.64. The summed E-state index contributed by atoms with van der Waals surface area (Å²) >= 11 is 6.09. The highest BCUT2D eigenvalue weighted by atomic mass is 35.5. The molecule has 26 heavy (non-hydrogen) atoms. The monoisotopic (exact) mass is 396 g/mol. The number of carbonyl (C=O) groups excluding carboxylic acids is 1. The van der Waals surface area contributed by atoms with Crippen molar-refractivity contribution in [3.63, 3.8) is 0 Å². The Morgan fingerprint density at radius 3 is 2.42 bits per heavy atom. The van der Waals surface area contributed by atoms with Crippen LogP contribution in [0.2, 0.25) is 5.02 Å². The topological polar surface area (TPSA) is 84.5 Å². The second-order valence-corrected chi connectivity index (χ2v) is 7.92. The molecule has 2 rings (SSSR count). The summed E-state index contributed by atoms with van der Waals surface area (Å²) in [6, 6.07) is 11.5. The maximum atomic E-state index is 12.5. The third-order valence-corrected chi connectivity index (χ3v) is 4.49. The number of nitrogens with one attached hydrogen (secondary N) is 2. The Morgan fingerprint density at radius 1 is 1.19 bits per heavy atom. The van der Waals surface area contributed by atoms with E-state index < -0.39 is 15.9 Å². The van der Waals surface area contributed by atoms with Gasteiger partial charge in [-0.15, -0.1) is 0 Å². The molecule has 140 valence electrons. The van der Waals surface area contributed by atoms with Crippen LogP contribution in [0.1, 0.15) is 35.8 Å². The largest absolute Gasteiger partial charge is 0.494 e. The zero-order valence-corrected chi connectivity index (χ0v) is 16.3. The number of ether oxygens (including phenoxy) is 1. The van der Waals surface area contributed by atoms with Gasteiger partial charge in [0.1, 0.15) is 5.75 Å². The van der Waals surface area contributed by atoms with Crippen LogP contribution < -0.4 is 14.8 Å². The van der Waals surface area contributed by atoms with Crippen LogP contribution >= 0.6 is 11.6 Å². The Morgan fingerprint density at radius 2 is 1.85 bits per heavy atom. The number of hydrogen-bond acceptors (Lipinski definition) is 4. The third-order valence-electron chi connectivity index (χ3n) is 3.55. The maximum absolute atomic E-state index is 12.5. The summed E-state index contributed by atoms with van der Waals surface area (Å²) in [5, 5.41) is 3.09. The Labute approximate surface area is 158 Å². The molecule has 1 amide bonds. The van der Waals surface area contributed by atoms with Crippen molar-refractivity contribution in [2.24, 2.45) is 0 Å². The molecule has 0 unspecified atom stereocenters. The molecule has 2 N–H and O–H groups in total. The van der Waals surface area contributed by atoms with Crippen LogP contribution in [0.15, 0.2) is 42.5 Å². The van der Waals surface area contributed by atoms with Crippen molar-refractivity contribution >= 4 is 33.2 Å². The Kier molecular flexibility index (Phi) is 6.50. The van der Waals surface area contributed by atoms with E-state index in [1.165, 1.54) is 18.2 Å². The first-order valence-corrected chi connectivity index (χ1v) is 10.3. The minimum absolute atomic E-state index is 0.193. The lowest BCUT2D eigenvalue weighted by Crippen LogP contribution is -2.27. The van der Waals surface area contributed by atoms with E-state index in [-0.39, 0.29) is 22.3 Å². The molecule has 0 radical (unpaired) electrons. The van der Waals surface area contributed by atoms with Gasteiger partial charge in [-0.25, -0.2) is 8.42 Å². The second-order valence-electron chi connectivity index (χ2n) is 5.77. The van der Waals surface area contributed by atoms with Crippen molar-refractivity contribution in [1.29, 1.82) is 0 Å². The summed E-state index contributed by atoms with van der Waals surface area (Å²) in [7, 11) is -3.44.